The molecule has 0 saturated heterocycles. The first kappa shape index (κ1) is 25.1. The molecule has 0 radical (unpaired) electrons. The van der Waals surface area contributed by atoms with Gasteiger partial charge in [-0.05, 0) is 58.8 Å². The third-order valence-electron chi connectivity index (χ3n) is 4.44. The summed E-state index contributed by atoms with van der Waals surface area (Å²) in [5, 5.41) is 12.0. The first-order valence-electron chi connectivity index (χ1n) is 9.93. The number of nitrogens with zero attached hydrogens (tertiary/aromatic N) is 2. The Kier molecular flexibility index (Phi) is 9.27. The summed E-state index contributed by atoms with van der Waals surface area (Å²) in [6.07, 6.45) is 0.766. The standard InChI is InChI=1S/C20H27ClN4O4S2/c1-6-28-18(26)14-11(3)16(19(27)29-7-2)31-17(14)23-20(30)22-9-8-10-25-13(5)15(21)12(4)24-25/h6-10H2,1-5H3,(H2,22,23,30). The van der Waals surface area contributed by atoms with E-state index in [4.69, 9.17) is 33.3 Å². The number of hydrogen-bond acceptors (Lipinski definition) is 7. The van der Waals surface area contributed by atoms with Crippen molar-refractivity contribution in [3.05, 3.63) is 32.4 Å². The second-order valence-corrected chi connectivity index (χ2v) is 8.45. The van der Waals surface area contributed by atoms with Gasteiger partial charge >= 0.3 is 11.9 Å². The number of aromatic nitrogens is 2. The van der Waals surface area contributed by atoms with Gasteiger partial charge in [0.2, 0.25) is 0 Å². The van der Waals surface area contributed by atoms with Gasteiger partial charge in [-0.1, -0.05) is 11.6 Å². The van der Waals surface area contributed by atoms with Crippen LogP contribution in [0.4, 0.5) is 5.00 Å². The lowest BCUT2D eigenvalue weighted by Gasteiger charge is -2.11. The highest BCUT2D eigenvalue weighted by Gasteiger charge is 2.26. The SMILES string of the molecule is CCOC(=O)c1sc(NC(=S)NCCCn2nc(C)c(Cl)c2C)c(C(=O)OCC)c1C. The quantitative estimate of drug-likeness (QED) is 0.308. The van der Waals surface area contributed by atoms with Crippen molar-refractivity contribution in [3.63, 3.8) is 0 Å². The molecule has 0 bridgehead atoms. The van der Waals surface area contributed by atoms with E-state index in [1.165, 1.54) is 0 Å². The summed E-state index contributed by atoms with van der Waals surface area (Å²) in [6, 6.07) is 0. The van der Waals surface area contributed by atoms with E-state index in [-0.39, 0.29) is 18.8 Å². The Bertz CT molecular complexity index is 971. The number of thiophene rings is 1. The normalized spacial score (nSPS) is 10.6. The van der Waals surface area contributed by atoms with Crippen molar-refractivity contribution in [2.24, 2.45) is 0 Å². The monoisotopic (exact) mass is 486 g/mol. The van der Waals surface area contributed by atoms with Crippen LogP contribution in [0.1, 0.15) is 57.2 Å². The van der Waals surface area contributed by atoms with Gasteiger partial charge in [0, 0.05) is 13.1 Å². The summed E-state index contributed by atoms with van der Waals surface area (Å²) in [5.74, 6) is -0.996. The Labute approximate surface area is 196 Å². The maximum Gasteiger partial charge on any atom is 0.348 e. The second kappa shape index (κ2) is 11.4. The lowest BCUT2D eigenvalue weighted by molar-refractivity contribution is 0.0527. The summed E-state index contributed by atoms with van der Waals surface area (Å²) in [5.41, 5.74) is 2.53. The molecular weight excluding hydrogens is 460 g/mol. The largest absolute Gasteiger partial charge is 0.462 e. The Hall–Kier alpha value is -2.17. The van der Waals surface area contributed by atoms with E-state index in [0.717, 1.165) is 29.1 Å². The van der Waals surface area contributed by atoms with E-state index >= 15 is 0 Å². The molecule has 0 amide bonds. The summed E-state index contributed by atoms with van der Waals surface area (Å²) < 4.78 is 12.1. The van der Waals surface area contributed by atoms with E-state index in [1.807, 2.05) is 18.5 Å². The zero-order chi connectivity index (χ0) is 23.1. The Morgan fingerprint density at radius 3 is 2.39 bits per heavy atom. The van der Waals surface area contributed by atoms with Crippen LogP contribution in [-0.2, 0) is 16.0 Å². The molecule has 2 rings (SSSR count). The van der Waals surface area contributed by atoms with Crippen molar-refractivity contribution in [2.45, 2.75) is 47.6 Å². The molecular formula is C20H27ClN4O4S2. The summed E-state index contributed by atoms with van der Waals surface area (Å²) in [4.78, 5) is 25.0. The lowest BCUT2D eigenvalue weighted by Crippen LogP contribution is -2.30. The molecule has 0 aliphatic rings. The van der Waals surface area contributed by atoms with E-state index in [1.54, 1.807) is 20.8 Å². The van der Waals surface area contributed by atoms with E-state index in [9.17, 15) is 9.59 Å². The molecule has 0 aliphatic heterocycles. The maximum absolute atomic E-state index is 12.4. The number of carbonyl (C=O) groups excluding carboxylic acids is 2. The number of hydrogen-bond donors (Lipinski definition) is 2. The number of esters is 2. The number of halogens is 1. The minimum Gasteiger partial charge on any atom is -0.462 e. The Morgan fingerprint density at radius 2 is 1.81 bits per heavy atom. The van der Waals surface area contributed by atoms with Gasteiger partial charge in [0.05, 0.1) is 35.2 Å². The Balaban J connectivity index is 2.03. The highest BCUT2D eigenvalue weighted by molar-refractivity contribution is 7.80. The van der Waals surface area contributed by atoms with Crippen molar-refractivity contribution < 1.29 is 19.1 Å². The minimum absolute atomic E-state index is 0.224. The van der Waals surface area contributed by atoms with Crippen LogP contribution < -0.4 is 10.6 Å². The summed E-state index contributed by atoms with van der Waals surface area (Å²) in [6.45, 7) is 10.7. The topological polar surface area (TPSA) is 94.5 Å². The molecule has 0 saturated carbocycles. The van der Waals surface area contributed by atoms with E-state index < -0.39 is 11.9 Å². The van der Waals surface area contributed by atoms with Crippen LogP contribution in [0.2, 0.25) is 5.02 Å². The first-order valence-corrected chi connectivity index (χ1v) is 11.5. The van der Waals surface area contributed by atoms with Gasteiger partial charge < -0.3 is 20.1 Å². The molecule has 31 heavy (non-hydrogen) atoms. The van der Waals surface area contributed by atoms with Crippen LogP contribution in [0.25, 0.3) is 0 Å². The average Bonchev–Trinajstić information content (AvgIpc) is 3.16. The molecule has 8 nitrogen and oxygen atoms in total. The van der Waals surface area contributed by atoms with Crippen molar-refractivity contribution in [2.75, 3.05) is 25.1 Å². The molecule has 0 unspecified atom stereocenters. The lowest BCUT2D eigenvalue weighted by atomic mass is 10.1. The fraction of sp³-hybridized carbons (Fsp3) is 0.500. The van der Waals surface area contributed by atoms with Crippen molar-refractivity contribution in [1.82, 2.24) is 15.1 Å². The van der Waals surface area contributed by atoms with Gasteiger partial charge in [-0.25, -0.2) is 9.59 Å². The molecule has 0 aromatic carbocycles. The van der Waals surface area contributed by atoms with Gasteiger partial charge in [0.15, 0.2) is 5.11 Å². The van der Waals surface area contributed by atoms with Crippen LogP contribution in [0, 0.1) is 20.8 Å². The van der Waals surface area contributed by atoms with Gasteiger partial charge in [0.25, 0.3) is 0 Å². The number of rotatable bonds is 9. The second-order valence-electron chi connectivity index (χ2n) is 6.64. The number of nitrogens with one attached hydrogen (secondary N) is 2. The molecule has 2 aromatic rings. The van der Waals surface area contributed by atoms with Crippen molar-refractivity contribution >= 4 is 57.2 Å². The molecule has 0 aliphatic carbocycles. The van der Waals surface area contributed by atoms with Crippen molar-refractivity contribution in [1.29, 1.82) is 0 Å². The predicted molar refractivity (Wildman–Crippen MR) is 127 cm³/mol. The summed E-state index contributed by atoms with van der Waals surface area (Å²) >= 11 is 12.7. The molecule has 2 heterocycles. The smallest absolute Gasteiger partial charge is 0.348 e. The van der Waals surface area contributed by atoms with E-state index in [2.05, 4.69) is 15.7 Å². The number of ether oxygens (including phenoxy) is 2. The van der Waals surface area contributed by atoms with Gasteiger partial charge in [-0.15, -0.1) is 11.3 Å². The molecule has 170 valence electrons. The van der Waals surface area contributed by atoms with Crippen LogP contribution in [0.5, 0.6) is 0 Å². The molecule has 0 fully saturated rings. The predicted octanol–water partition coefficient (Wildman–Crippen LogP) is 4.25. The van der Waals surface area contributed by atoms with Gasteiger partial charge in [-0.3, -0.25) is 4.68 Å². The molecule has 2 aromatic heterocycles. The molecule has 11 heteroatoms. The first-order chi connectivity index (χ1) is 14.7. The molecule has 0 atom stereocenters. The van der Waals surface area contributed by atoms with Gasteiger partial charge in [0.1, 0.15) is 9.88 Å². The average molecular weight is 487 g/mol. The Morgan fingerprint density at radius 1 is 1.16 bits per heavy atom. The number of aryl methyl sites for hydroxylation is 2. The fourth-order valence-electron chi connectivity index (χ4n) is 2.91. The van der Waals surface area contributed by atoms with Crippen LogP contribution in [0.3, 0.4) is 0 Å². The molecule has 2 N–H and O–H groups in total. The van der Waals surface area contributed by atoms with E-state index in [0.29, 0.717) is 38.7 Å². The van der Waals surface area contributed by atoms with Crippen molar-refractivity contribution in [3.8, 4) is 0 Å². The zero-order valence-electron chi connectivity index (χ0n) is 18.3. The number of carbonyl (C=O) groups is 2. The minimum atomic E-state index is -0.515. The summed E-state index contributed by atoms with van der Waals surface area (Å²) in [7, 11) is 0. The third kappa shape index (κ3) is 6.18. The highest BCUT2D eigenvalue weighted by atomic mass is 35.5. The highest BCUT2D eigenvalue weighted by Crippen LogP contribution is 2.34. The third-order valence-corrected chi connectivity index (χ3v) is 6.42. The fourth-order valence-corrected chi connectivity index (χ4v) is 4.41. The van der Waals surface area contributed by atoms with Crippen LogP contribution in [-0.4, -0.2) is 46.6 Å². The van der Waals surface area contributed by atoms with Crippen LogP contribution >= 0.6 is 35.2 Å². The van der Waals surface area contributed by atoms with Gasteiger partial charge in [-0.2, -0.15) is 5.10 Å². The zero-order valence-corrected chi connectivity index (χ0v) is 20.6. The molecule has 0 spiro atoms. The number of thiocarbonyl (C=S) groups is 1. The van der Waals surface area contributed by atoms with Crippen LogP contribution in [0.15, 0.2) is 0 Å². The number of anilines is 1. The maximum atomic E-state index is 12.4.